The van der Waals surface area contributed by atoms with Gasteiger partial charge in [0, 0.05) is 24.5 Å². The van der Waals surface area contributed by atoms with Gasteiger partial charge in [0.15, 0.2) is 0 Å². The minimum Gasteiger partial charge on any atom is -0.497 e. The summed E-state index contributed by atoms with van der Waals surface area (Å²) in [6.45, 7) is 2.35. The van der Waals surface area contributed by atoms with Crippen molar-refractivity contribution in [2.75, 3.05) is 7.11 Å². The van der Waals surface area contributed by atoms with Crippen LogP contribution in [0.4, 0.5) is 0 Å². The van der Waals surface area contributed by atoms with E-state index in [0.717, 1.165) is 33.4 Å². The van der Waals surface area contributed by atoms with Crippen LogP contribution in [0.3, 0.4) is 0 Å². The van der Waals surface area contributed by atoms with Crippen molar-refractivity contribution in [2.45, 2.75) is 13.5 Å². The lowest BCUT2D eigenvalue weighted by atomic mass is 9.93. The summed E-state index contributed by atoms with van der Waals surface area (Å²) in [5, 5.41) is 4.34. The number of amides is 1. The van der Waals surface area contributed by atoms with Crippen molar-refractivity contribution in [2.24, 2.45) is 7.05 Å². The van der Waals surface area contributed by atoms with Crippen LogP contribution in [0, 0.1) is 6.92 Å². The fourth-order valence-corrected chi connectivity index (χ4v) is 3.87. The summed E-state index contributed by atoms with van der Waals surface area (Å²) in [6, 6.07) is 22.9. The molecule has 4 aromatic rings. The number of aromatic nitrogens is 1. The molecule has 0 unspecified atom stereocenters. The smallest absolute Gasteiger partial charge is 0.268 e. The molecule has 1 heterocycles. The van der Waals surface area contributed by atoms with Gasteiger partial charge in [0.2, 0.25) is 0 Å². The molecule has 1 aromatic heterocycles. The Morgan fingerprint density at radius 2 is 1.58 bits per heavy atom. The monoisotopic (exact) mass is 412 g/mol. The third-order valence-electron chi connectivity index (χ3n) is 5.55. The van der Waals surface area contributed by atoms with Gasteiger partial charge >= 0.3 is 0 Å². The fraction of sp³-hybridized carbons (Fsp3) is 0.154. The number of pyridine rings is 1. The molecule has 0 saturated carbocycles. The number of rotatable bonds is 5. The van der Waals surface area contributed by atoms with Crippen LogP contribution in [-0.2, 0) is 13.6 Å². The number of benzene rings is 3. The Kier molecular flexibility index (Phi) is 5.58. The second-order valence-electron chi connectivity index (χ2n) is 7.48. The Bertz CT molecular complexity index is 1320. The second kappa shape index (κ2) is 8.48. The van der Waals surface area contributed by atoms with Gasteiger partial charge in [0.25, 0.3) is 11.5 Å². The molecule has 3 aromatic carbocycles. The molecule has 0 aliphatic heterocycles. The molecule has 1 N–H and O–H groups in total. The van der Waals surface area contributed by atoms with Crippen molar-refractivity contribution in [3.05, 3.63) is 100.0 Å². The molecule has 156 valence electrons. The molecule has 5 heteroatoms. The molecule has 4 rings (SSSR count). The Hall–Kier alpha value is -3.86. The largest absolute Gasteiger partial charge is 0.497 e. The number of carbonyl (C=O) groups is 1. The Balaban J connectivity index is 1.83. The number of nitrogens with one attached hydrogen (secondary N) is 1. The van der Waals surface area contributed by atoms with Crippen LogP contribution in [0.2, 0.25) is 0 Å². The van der Waals surface area contributed by atoms with Crippen molar-refractivity contribution in [3.8, 4) is 16.9 Å². The summed E-state index contributed by atoms with van der Waals surface area (Å²) >= 11 is 0. The number of carbonyl (C=O) groups excluding carboxylic acids is 1. The topological polar surface area (TPSA) is 60.3 Å². The highest BCUT2D eigenvalue weighted by atomic mass is 16.5. The molecule has 0 aliphatic carbocycles. The zero-order chi connectivity index (χ0) is 22.0. The number of fused-ring (bicyclic) bond motifs is 1. The predicted octanol–water partition coefficient (Wildman–Crippen LogP) is 4.45. The molecule has 31 heavy (non-hydrogen) atoms. The fourth-order valence-electron chi connectivity index (χ4n) is 3.87. The van der Waals surface area contributed by atoms with Crippen LogP contribution in [-0.4, -0.2) is 17.6 Å². The van der Waals surface area contributed by atoms with Crippen molar-refractivity contribution >= 4 is 16.7 Å². The summed E-state index contributed by atoms with van der Waals surface area (Å²) < 4.78 is 6.64. The number of ether oxygens (including phenoxy) is 1. The van der Waals surface area contributed by atoms with E-state index >= 15 is 0 Å². The minimum atomic E-state index is -0.292. The van der Waals surface area contributed by atoms with Gasteiger partial charge in [-0.25, -0.2) is 0 Å². The average Bonchev–Trinajstić information content (AvgIpc) is 2.80. The van der Waals surface area contributed by atoms with Crippen LogP contribution in [0.25, 0.3) is 21.9 Å². The molecule has 0 radical (unpaired) electrons. The lowest BCUT2D eigenvalue weighted by Crippen LogP contribution is -2.32. The SMILES string of the molecule is COc1ccc(CNC(=O)c2c(-c3ccccc3C)c3ccccc3c(=O)n2C)cc1. The molecule has 0 aliphatic rings. The Morgan fingerprint density at radius 1 is 0.935 bits per heavy atom. The molecule has 5 nitrogen and oxygen atoms in total. The normalized spacial score (nSPS) is 10.8. The van der Waals surface area contributed by atoms with Crippen molar-refractivity contribution in [1.29, 1.82) is 0 Å². The number of nitrogens with zero attached hydrogens (tertiary/aromatic N) is 1. The summed E-state index contributed by atoms with van der Waals surface area (Å²) in [5.74, 6) is 0.466. The number of methoxy groups -OCH3 is 1. The molecular formula is C26H24N2O3. The van der Waals surface area contributed by atoms with Gasteiger partial charge < -0.3 is 14.6 Å². The first kappa shape index (κ1) is 20.4. The van der Waals surface area contributed by atoms with Crippen LogP contribution >= 0.6 is 0 Å². The summed E-state index contributed by atoms with van der Waals surface area (Å²) in [6.07, 6.45) is 0. The van der Waals surface area contributed by atoms with Crippen LogP contribution < -0.4 is 15.6 Å². The summed E-state index contributed by atoms with van der Waals surface area (Å²) in [4.78, 5) is 26.4. The maximum absolute atomic E-state index is 13.4. The maximum Gasteiger partial charge on any atom is 0.268 e. The molecule has 1 amide bonds. The zero-order valence-electron chi connectivity index (χ0n) is 17.8. The standard InChI is InChI=1S/C26H24N2O3/c1-17-8-4-5-9-20(17)23-21-10-6-7-11-22(21)26(30)28(2)24(23)25(29)27-16-18-12-14-19(31-3)15-13-18/h4-15H,16H2,1-3H3,(H,27,29). The average molecular weight is 412 g/mol. The quantitative estimate of drug-likeness (QED) is 0.527. The van der Waals surface area contributed by atoms with E-state index in [1.54, 1.807) is 20.2 Å². The molecule has 0 saturated heterocycles. The number of aryl methyl sites for hydroxylation is 1. The first-order valence-corrected chi connectivity index (χ1v) is 10.1. The molecule has 0 bridgehead atoms. The molecule has 0 spiro atoms. The highest BCUT2D eigenvalue weighted by molar-refractivity contribution is 6.08. The Morgan fingerprint density at radius 3 is 2.26 bits per heavy atom. The Labute approximate surface area is 180 Å². The van der Waals surface area contributed by atoms with Gasteiger partial charge in [0.1, 0.15) is 11.4 Å². The predicted molar refractivity (Wildman–Crippen MR) is 124 cm³/mol. The lowest BCUT2D eigenvalue weighted by molar-refractivity contribution is 0.0942. The van der Waals surface area contributed by atoms with Crippen molar-refractivity contribution < 1.29 is 9.53 Å². The molecule has 0 fully saturated rings. The number of hydrogen-bond acceptors (Lipinski definition) is 3. The van der Waals surface area contributed by atoms with E-state index in [1.807, 2.05) is 73.7 Å². The minimum absolute atomic E-state index is 0.192. The van der Waals surface area contributed by atoms with E-state index < -0.39 is 0 Å². The number of hydrogen-bond donors (Lipinski definition) is 1. The second-order valence-corrected chi connectivity index (χ2v) is 7.48. The van der Waals surface area contributed by atoms with Gasteiger partial charge in [-0.15, -0.1) is 0 Å². The van der Waals surface area contributed by atoms with Gasteiger partial charge in [-0.1, -0.05) is 54.6 Å². The van der Waals surface area contributed by atoms with E-state index in [1.165, 1.54) is 4.57 Å². The van der Waals surface area contributed by atoms with E-state index in [-0.39, 0.29) is 11.5 Å². The summed E-state index contributed by atoms with van der Waals surface area (Å²) in [7, 11) is 3.27. The van der Waals surface area contributed by atoms with E-state index in [4.69, 9.17) is 4.74 Å². The third kappa shape index (κ3) is 3.82. The first-order chi connectivity index (χ1) is 15.0. The third-order valence-corrected chi connectivity index (χ3v) is 5.55. The van der Waals surface area contributed by atoms with Gasteiger partial charge in [-0.3, -0.25) is 9.59 Å². The van der Waals surface area contributed by atoms with E-state index in [9.17, 15) is 9.59 Å². The van der Waals surface area contributed by atoms with Gasteiger partial charge in [-0.2, -0.15) is 0 Å². The van der Waals surface area contributed by atoms with Gasteiger partial charge in [0.05, 0.1) is 7.11 Å². The lowest BCUT2D eigenvalue weighted by Gasteiger charge is -2.18. The van der Waals surface area contributed by atoms with E-state index in [0.29, 0.717) is 17.6 Å². The first-order valence-electron chi connectivity index (χ1n) is 10.1. The van der Waals surface area contributed by atoms with E-state index in [2.05, 4.69) is 5.32 Å². The van der Waals surface area contributed by atoms with Gasteiger partial charge in [-0.05, 0) is 47.2 Å². The highest BCUT2D eigenvalue weighted by Gasteiger charge is 2.22. The van der Waals surface area contributed by atoms with Crippen molar-refractivity contribution in [3.63, 3.8) is 0 Å². The highest BCUT2D eigenvalue weighted by Crippen LogP contribution is 2.32. The zero-order valence-corrected chi connectivity index (χ0v) is 17.8. The van der Waals surface area contributed by atoms with Crippen molar-refractivity contribution in [1.82, 2.24) is 9.88 Å². The molecular weight excluding hydrogens is 388 g/mol. The summed E-state index contributed by atoms with van der Waals surface area (Å²) in [5.41, 5.74) is 3.84. The van der Waals surface area contributed by atoms with Crippen LogP contribution in [0.15, 0.2) is 77.6 Å². The molecule has 0 atom stereocenters. The maximum atomic E-state index is 13.4. The van der Waals surface area contributed by atoms with Crippen LogP contribution in [0.1, 0.15) is 21.6 Å². The van der Waals surface area contributed by atoms with Crippen LogP contribution in [0.5, 0.6) is 5.75 Å².